The number of nitrogen functional groups attached to an aromatic ring is 1. The van der Waals surface area contributed by atoms with Crippen molar-refractivity contribution in [3.8, 4) is 0 Å². The molecule has 0 radical (unpaired) electrons. The number of nitrogens with two attached hydrogens (primary N) is 1. The highest BCUT2D eigenvalue weighted by molar-refractivity contribution is 9.10. The zero-order chi connectivity index (χ0) is 7.56. The Morgan fingerprint density at radius 1 is 1.60 bits per heavy atom. The molecule has 0 unspecified atom stereocenters. The van der Waals surface area contributed by atoms with Crippen LogP contribution in [0.5, 0.6) is 0 Å². The van der Waals surface area contributed by atoms with Gasteiger partial charge in [-0.15, -0.1) is 0 Å². The van der Waals surface area contributed by atoms with Gasteiger partial charge < -0.3 is 5.43 Å². The molecule has 0 spiro atoms. The van der Waals surface area contributed by atoms with Crippen LogP contribution in [0.4, 0.5) is 5.82 Å². The zero-order valence-corrected chi connectivity index (χ0v) is 7.14. The fraction of sp³-hybridized carbons (Fsp3) is 0.167. The summed E-state index contributed by atoms with van der Waals surface area (Å²) in [7, 11) is 0. The van der Waals surface area contributed by atoms with Gasteiger partial charge in [-0.2, -0.15) is 0 Å². The van der Waals surface area contributed by atoms with Crippen molar-refractivity contribution >= 4 is 21.7 Å². The second-order valence-corrected chi connectivity index (χ2v) is 2.78. The molecule has 0 atom stereocenters. The molecule has 1 heterocycles. The van der Waals surface area contributed by atoms with E-state index >= 15 is 0 Å². The lowest BCUT2D eigenvalue weighted by molar-refractivity contribution is 1.15. The highest BCUT2D eigenvalue weighted by atomic mass is 79.9. The molecule has 0 aliphatic rings. The lowest BCUT2D eigenvalue weighted by atomic mass is 10.4. The number of hydrogen-bond acceptors (Lipinski definition) is 3. The summed E-state index contributed by atoms with van der Waals surface area (Å²) in [6, 6.07) is 3.81. The van der Waals surface area contributed by atoms with Crippen molar-refractivity contribution < 1.29 is 0 Å². The number of hydrazine groups is 1. The van der Waals surface area contributed by atoms with Crippen LogP contribution in [-0.4, -0.2) is 4.98 Å². The maximum absolute atomic E-state index is 5.18. The van der Waals surface area contributed by atoms with Gasteiger partial charge in [-0.1, -0.05) is 0 Å². The van der Waals surface area contributed by atoms with Crippen molar-refractivity contribution in [2.45, 2.75) is 6.92 Å². The minimum atomic E-state index is 0.667. The smallest absolute Gasteiger partial charge is 0.154 e. The van der Waals surface area contributed by atoms with Gasteiger partial charge in [0.25, 0.3) is 0 Å². The summed E-state index contributed by atoms with van der Waals surface area (Å²) in [5, 5.41) is 0. The lowest BCUT2D eigenvalue weighted by Gasteiger charge is -2.01. The SMILES string of the molecule is Cc1ccc(Br)c(NN)n1. The topological polar surface area (TPSA) is 50.9 Å². The first-order valence-electron chi connectivity index (χ1n) is 2.84. The van der Waals surface area contributed by atoms with E-state index in [9.17, 15) is 0 Å². The van der Waals surface area contributed by atoms with E-state index in [1.165, 1.54) is 0 Å². The first kappa shape index (κ1) is 7.50. The molecular formula is C6H8BrN3. The molecule has 0 amide bonds. The van der Waals surface area contributed by atoms with E-state index in [1.807, 2.05) is 19.1 Å². The second kappa shape index (κ2) is 2.98. The standard InChI is InChI=1S/C6H8BrN3/c1-4-2-3-5(7)6(9-4)10-8/h2-3H,8H2,1H3,(H,9,10). The van der Waals surface area contributed by atoms with Crippen LogP contribution in [0, 0.1) is 6.92 Å². The molecule has 3 N–H and O–H groups in total. The molecule has 3 nitrogen and oxygen atoms in total. The molecule has 0 fully saturated rings. The molecule has 0 bridgehead atoms. The molecule has 4 heteroatoms. The van der Waals surface area contributed by atoms with Crippen LogP contribution in [0.2, 0.25) is 0 Å². The van der Waals surface area contributed by atoms with Crippen molar-refractivity contribution in [2.24, 2.45) is 5.84 Å². The third-order valence-electron chi connectivity index (χ3n) is 1.12. The second-order valence-electron chi connectivity index (χ2n) is 1.93. The third-order valence-corrected chi connectivity index (χ3v) is 1.76. The van der Waals surface area contributed by atoms with Crippen molar-refractivity contribution in [3.05, 3.63) is 22.3 Å². The summed E-state index contributed by atoms with van der Waals surface area (Å²) >= 11 is 3.29. The number of pyridine rings is 1. The van der Waals surface area contributed by atoms with Crippen LogP contribution < -0.4 is 11.3 Å². The van der Waals surface area contributed by atoms with Crippen LogP contribution in [-0.2, 0) is 0 Å². The summed E-state index contributed by atoms with van der Waals surface area (Å²) in [6.45, 7) is 1.91. The Kier molecular flexibility index (Phi) is 2.24. The minimum absolute atomic E-state index is 0.667. The highest BCUT2D eigenvalue weighted by Crippen LogP contribution is 2.18. The van der Waals surface area contributed by atoms with Crippen LogP contribution in [0.3, 0.4) is 0 Å². The number of aryl methyl sites for hydroxylation is 1. The van der Waals surface area contributed by atoms with Crippen LogP contribution in [0.1, 0.15) is 5.69 Å². The van der Waals surface area contributed by atoms with Crippen molar-refractivity contribution in [1.29, 1.82) is 0 Å². The molecule has 10 heavy (non-hydrogen) atoms. The summed E-state index contributed by atoms with van der Waals surface area (Å²) < 4.78 is 0.876. The molecule has 0 aliphatic carbocycles. The number of aromatic nitrogens is 1. The van der Waals surface area contributed by atoms with Gasteiger partial charge in [0.15, 0.2) is 5.82 Å². The molecule has 1 aromatic rings. The summed E-state index contributed by atoms with van der Waals surface area (Å²) in [6.07, 6.45) is 0. The quantitative estimate of drug-likeness (QED) is 0.535. The van der Waals surface area contributed by atoms with Gasteiger partial charge in [0.1, 0.15) is 0 Å². The number of hydrogen-bond donors (Lipinski definition) is 2. The number of nitrogens with one attached hydrogen (secondary N) is 1. The van der Waals surface area contributed by atoms with Gasteiger partial charge >= 0.3 is 0 Å². The van der Waals surface area contributed by atoms with Crippen LogP contribution >= 0.6 is 15.9 Å². The van der Waals surface area contributed by atoms with Crippen LogP contribution in [0.15, 0.2) is 16.6 Å². The Hall–Kier alpha value is -0.610. The van der Waals surface area contributed by atoms with E-state index in [-0.39, 0.29) is 0 Å². The summed E-state index contributed by atoms with van der Waals surface area (Å²) in [5.41, 5.74) is 3.42. The van der Waals surface area contributed by atoms with E-state index in [1.54, 1.807) is 0 Å². The van der Waals surface area contributed by atoms with Gasteiger partial charge in [0.2, 0.25) is 0 Å². The molecule has 1 rings (SSSR count). The Morgan fingerprint density at radius 2 is 2.30 bits per heavy atom. The van der Waals surface area contributed by atoms with Crippen molar-refractivity contribution in [2.75, 3.05) is 5.43 Å². The van der Waals surface area contributed by atoms with E-state index in [0.29, 0.717) is 5.82 Å². The lowest BCUT2D eigenvalue weighted by Crippen LogP contribution is -2.09. The van der Waals surface area contributed by atoms with Crippen molar-refractivity contribution in [1.82, 2.24) is 4.98 Å². The molecular weight excluding hydrogens is 194 g/mol. The van der Waals surface area contributed by atoms with Gasteiger partial charge in [0, 0.05) is 5.69 Å². The number of anilines is 1. The number of rotatable bonds is 1. The third kappa shape index (κ3) is 1.46. The Labute approximate surface area is 67.7 Å². The van der Waals surface area contributed by atoms with Gasteiger partial charge in [-0.05, 0) is 35.0 Å². The maximum Gasteiger partial charge on any atom is 0.154 e. The summed E-state index contributed by atoms with van der Waals surface area (Å²) in [4.78, 5) is 4.11. The average Bonchev–Trinajstić information content (AvgIpc) is 1.94. The predicted molar refractivity (Wildman–Crippen MR) is 44.5 cm³/mol. The zero-order valence-electron chi connectivity index (χ0n) is 5.56. The molecule has 54 valence electrons. The Bertz CT molecular complexity index is 236. The summed E-state index contributed by atoms with van der Waals surface area (Å²) in [5.74, 6) is 5.84. The molecule has 1 aromatic heterocycles. The highest BCUT2D eigenvalue weighted by Gasteiger charge is 1.96. The molecule has 0 aromatic carbocycles. The maximum atomic E-state index is 5.18. The monoisotopic (exact) mass is 201 g/mol. The van der Waals surface area contributed by atoms with Crippen LogP contribution in [0.25, 0.3) is 0 Å². The molecule has 0 aliphatic heterocycles. The van der Waals surface area contributed by atoms with E-state index in [2.05, 4.69) is 26.3 Å². The number of halogens is 1. The first-order chi connectivity index (χ1) is 4.74. The minimum Gasteiger partial charge on any atom is -0.308 e. The van der Waals surface area contributed by atoms with Gasteiger partial charge in [-0.25, -0.2) is 10.8 Å². The van der Waals surface area contributed by atoms with Gasteiger partial charge in [-0.3, -0.25) is 0 Å². The normalized spacial score (nSPS) is 9.50. The fourth-order valence-electron chi connectivity index (χ4n) is 0.641. The van der Waals surface area contributed by atoms with Gasteiger partial charge in [0.05, 0.1) is 4.47 Å². The number of nitrogens with zero attached hydrogens (tertiary/aromatic N) is 1. The molecule has 0 saturated heterocycles. The average molecular weight is 202 g/mol. The fourth-order valence-corrected chi connectivity index (χ4v) is 0.976. The predicted octanol–water partition coefficient (Wildman–Crippen LogP) is 1.44. The van der Waals surface area contributed by atoms with E-state index < -0.39 is 0 Å². The Balaban J connectivity index is 3.09. The van der Waals surface area contributed by atoms with E-state index in [0.717, 1.165) is 10.2 Å². The Morgan fingerprint density at radius 3 is 2.80 bits per heavy atom. The first-order valence-corrected chi connectivity index (χ1v) is 3.63. The van der Waals surface area contributed by atoms with Crippen molar-refractivity contribution in [3.63, 3.8) is 0 Å². The molecule has 0 saturated carbocycles. The largest absolute Gasteiger partial charge is 0.308 e. The van der Waals surface area contributed by atoms with E-state index in [4.69, 9.17) is 5.84 Å².